The highest BCUT2D eigenvalue weighted by Gasteiger charge is 2.23. The number of nitrogens with one attached hydrogen (secondary N) is 1. The second kappa shape index (κ2) is 9.58. The van der Waals surface area contributed by atoms with E-state index in [1.807, 2.05) is 12.1 Å². The van der Waals surface area contributed by atoms with Gasteiger partial charge in [0.15, 0.2) is 0 Å². The quantitative estimate of drug-likeness (QED) is 0.397. The van der Waals surface area contributed by atoms with Gasteiger partial charge >= 0.3 is 11.9 Å². The number of aromatic nitrogens is 1. The van der Waals surface area contributed by atoms with Crippen molar-refractivity contribution in [3.8, 4) is 5.75 Å². The number of esters is 2. The lowest BCUT2D eigenvalue weighted by atomic mass is 9.95. The minimum absolute atomic E-state index is 0.0661. The van der Waals surface area contributed by atoms with Crippen LogP contribution < -0.4 is 5.32 Å². The van der Waals surface area contributed by atoms with Crippen LogP contribution in [0.1, 0.15) is 37.9 Å². The molecule has 0 aliphatic carbocycles. The van der Waals surface area contributed by atoms with Gasteiger partial charge in [0.05, 0.1) is 37.1 Å². The Kier molecular flexibility index (Phi) is 6.40. The van der Waals surface area contributed by atoms with E-state index in [0.29, 0.717) is 16.6 Å². The number of nitrogens with zero attached hydrogens (tertiary/aromatic N) is 1. The number of rotatable bonds is 6. The van der Waals surface area contributed by atoms with E-state index >= 15 is 0 Å². The maximum Gasteiger partial charge on any atom is 0.339 e. The number of carbonyl (C=O) groups excluding carboxylic acids is 2. The summed E-state index contributed by atoms with van der Waals surface area (Å²) in [5.74, 6) is -1.70. The highest BCUT2D eigenvalue weighted by atomic mass is 19.1. The average molecular weight is 460 g/mol. The molecule has 3 aromatic carbocycles. The first-order valence-corrected chi connectivity index (χ1v) is 10.3. The highest BCUT2D eigenvalue weighted by molar-refractivity contribution is 5.99. The predicted molar refractivity (Wildman–Crippen MR) is 124 cm³/mol. The van der Waals surface area contributed by atoms with Gasteiger partial charge in [-0.1, -0.05) is 30.3 Å². The number of benzene rings is 3. The molecule has 1 unspecified atom stereocenters. The molecule has 0 fully saturated rings. The first kappa shape index (κ1) is 22.7. The Hall–Kier alpha value is -4.46. The average Bonchev–Trinajstić information content (AvgIpc) is 2.87. The van der Waals surface area contributed by atoms with E-state index in [4.69, 9.17) is 9.47 Å². The molecular formula is C26H21FN2O5. The molecule has 4 rings (SSSR count). The van der Waals surface area contributed by atoms with E-state index in [1.54, 1.807) is 30.5 Å². The van der Waals surface area contributed by atoms with Gasteiger partial charge in [0.25, 0.3) is 0 Å². The van der Waals surface area contributed by atoms with Crippen LogP contribution in [0.3, 0.4) is 0 Å². The molecule has 0 aliphatic heterocycles. The number of anilines is 1. The molecule has 8 heteroatoms. The van der Waals surface area contributed by atoms with Gasteiger partial charge in [-0.25, -0.2) is 14.0 Å². The molecule has 0 radical (unpaired) electrons. The van der Waals surface area contributed by atoms with Crippen LogP contribution in [-0.4, -0.2) is 36.2 Å². The van der Waals surface area contributed by atoms with E-state index in [9.17, 15) is 19.1 Å². The number of hydrogen-bond acceptors (Lipinski definition) is 7. The fourth-order valence-corrected chi connectivity index (χ4v) is 3.73. The van der Waals surface area contributed by atoms with Crippen LogP contribution in [0.2, 0.25) is 0 Å². The Morgan fingerprint density at radius 3 is 2.41 bits per heavy atom. The first-order valence-electron chi connectivity index (χ1n) is 10.3. The number of ether oxygens (including phenoxy) is 2. The van der Waals surface area contributed by atoms with Crippen molar-refractivity contribution >= 4 is 28.5 Å². The number of pyridine rings is 1. The molecular weight excluding hydrogens is 439 g/mol. The number of hydrogen-bond donors (Lipinski definition) is 2. The summed E-state index contributed by atoms with van der Waals surface area (Å²) in [6.07, 6.45) is 1.57. The zero-order valence-corrected chi connectivity index (χ0v) is 18.4. The fourth-order valence-electron chi connectivity index (χ4n) is 3.73. The third-order valence-corrected chi connectivity index (χ3v) is 5.44. The van der Waals surface area contributed by atoms with Crippen molar-refractivity contribution < 1.29 is 28.6 Å². The molecule has 1 aromatic heterocycles. The maximum atomic E-state index is 13.7. The Bertz CT molecular complexity index is 1370. The van der Waals surface area contributed by atoms with Crippen molar-refractivity contribution in [2.45, 2.75) is 6.04 Å². The summed E-state index contributed by atoms with van der Waals surface area (Å²) < 4.78 is 23.4. The number of methoxy groups -OCH3 is 2. The van der Waals surface area contributed by atoms with Gasteiger partial charge in [-0.2, -0.15) is 0 Å². The van der Waals surface area contributed by atoms with E-state index in [2.05, 4.69) is 10.3 Å². The van der Waals surface area contributed by atoms with Crippen LogP contribution in [0.5, 0.6) is 5.75 Å². The summed E-state index contributed by atoms with van der Waals surface area (Å²) in [5, 5.41) is 15.0. The summed E-state index contributed by atoms with van der Waals surface area (Å²) in [4.78, 5) is 28.8. The summed E-state index contributed by atoms with van der Waals surface area (Å²) >= 11 is 0. The minimum Gasteiger partial charge on any atom is -0.505 e. The SMILES string of the molecule is COC(=O)c1ccc(C(=O)OC)c(NC(c2ccc(F)cc2)c2ccc3cccnc3c2O)c1. The molecule has 0 spiro atoms. The highest BCUT2D eigenvalue weighted by Crippen LogP contribution is 2.37. The largest absolute Gasteiger partial charge is 0.505 e. The summed E-state index contributed by atoms with van der Waals surface area (Å²) in [5.41, 5.74) is 2.08. The second-order valence-corrected chi connectivity index (χ2v) is 7.45. The third kappa shape index (κ3) is 4.38. The Balaban J connectivity index is 1.89. The van der Waals surface area contributed by atoms with Gasteiger partial charge in [-0.15, -0.1) is 0 Å². The van der Waals surface area contributed by atoms with Crippen molar-refractivity contribution in [1.82, 2.24) is 4.98 Å². The Morgan fingerprint density at radius 1 is 0.971 bits per heavy atom. The molecule has 172 valence electrons. The van der Waals surface area contributed by atoms with Crippen LogP contribution in [0.15, 0.2) is 72.9 Å². The molecule has 4 aromatic rings. The summed E-state index contributed by atoms with van der Waals surface area (Å²) in [7, 11) is 2.50. The molecule has 0 saturated carbocycles. The van der Waals surface area contributed by atoms with Gasteiger partial charge in [0, 0.05) is 17.1 Å². The van der Waals surface area contributed by atoms with E-state index < -0.39 is 23.8 Å². The van der Waals surface area contributed by atoms with Gasteiger partial charge in [-0.05, 0) is 42.0 Å². The molecule has 0 bridgehead atoms. The Labute approximate surface area is 194 Å². The smallest absolute Gasteiger partial charge is 0.339 e. The van der Waals surface area contributed by atoms with E-state index in [0.717, 1.165) is 5.39 Å². The number of aromatic hydroxyl groups is 1. The van der Waals surface area contributed by atoms with Crippen LogP contribution in [0.25, 0.3) is 10.9 Å². The molecule has 0 amide bonds. The summed E-state index contributed by atoms with van der Waals surface area (Å²) in [6, 6.07) is 16.5. The zero-order valence-electron chi connectivity index (χ0n) is 18.4. The molecule has 2 N–H and O–H groups in total. The van der Waals surface area contributed by atoms with Crippen molar-refractivity contribution in [3.63, 3.8) is 0 Å². The van der Waals surface area contributed by atoms with E-state index in [1.165, 1.54) is 44.6 Å². The van der Waals surface area contributed by atoms with Crippen LogP contribution in [0.4, 0.5) is 10.1 Å². The lowest BCUT2D eigenvalue weighted by molar-refractivity contribution is 0.0587. The number of phenolic OH excluding ortho intramolecular Hbond substituents is 1. The topological polar surface area (TPSA) is 97.8 Å². The maximum absolute atomic E-state index is 13.7. The molecule has 1 atom stereocenters. The number of phenols is 1. The van der Waals surface area contributed by atoms with Gasteiger partial charge in [0.2, 0.25) is 0 Å². The second-order valence-electron chi connectivity index (χ2n) is 7.45. The number of fused-ring (bicyclic) bond motifs is 1. The molecule has 7 nitrogen and oxygen atoms in total. The first-order chi connectivity index (χ1) is 16.4. The number of carbonyl (C=O) groups is 2. The van der Waals surface area contributed by atoms with Crippen molar-refractivity contribution in [2.75, 3.05) is 19.5 Å². The monoisotopic (exact) mass is 460 g/mol. The predicted octanol–water partition coefficient (Wildman–Crippen LogP) is 4.85. The van der Waals surface area contributed by atoms with Crippen LogP contribution in [-0.2, 0) is 9.47 Å². The van der Waals surface area contributed by atoms with Crippen LogP contribution in [0, 0.1) is 5.82 Å². The van der Waals surface area contributed by atoms with Gasteiger partial charge in [0.1, 0.15) is 17.1 Å². The van der Waals surface area contributed by atoms with Crippen molar-refractivity contribution in [1.29, 1.82) is 0 Å². The minimum atomic E-state index is -0.733. The van der Waals surface area contributed by atoms with Crippen LogP contribution >= 0.6 is 0 Å². The standard InChI is InChI=1S/C26H21FN2O5/c1-33-25(31)17-8-11-19(26(32)34-2)21(14-17)29-22(16-5-9-18(27)10-6-16)20-12-7-15-4-3-13-28-23(15)24(20)30/h3-14,22,29-30H,1-2H3. The third-order valence-electron chi connectivity index (χ3n) is 5.44. The molecule has 1 heterocycles. The lowest BCUT2D eigenvalue weighted by Crippen LogP contribution is -2.17. The molecule has 0 saturated heterocycles. The normalized spacial score (nSPS) is 11.6. The van der Waals surface area contributed by atoms with Crippen molar-refractivity contribution in [2.24, 2.45) is 0 Å². The van der Waals surface area contributed by atoms with Gasteiger partial charge in [-0.3, -0.25) is 4.98 Å². The lowest BCUT2D eigenvalue weighted by Gasteiger charge is -2.24. The fraction of sp³-hybridized carbons (Fsp3) is 0.115. The van der Waals surface area contributed by atoms with E-state index in [-0.39, 0.29) is 22.6 Å². The van der Waals surface area contributed by atoms with Crippen molar-refractivity contribution in [3.05, 3.63) is 101 Å². The Morgan fingerprint density at radius 2 is 1.71 bits per heavy atom. The molecule has 0 aliphatic rings. The zero-order chi connectivity index (χ0) is 24.2. The van der Waals surface area contributed by atoms with Gasteiger partial charge < -0.3 is 19.9 Å². The molecule has 34 heavy (non-hydrogen) atoms. The number of halogens is 1. The summed E-state index contributed by atoms with van der Waals surface area (Å²) in [6.45, 7) is 0.